The highest BCUT2D eigenvalue weighted by molar-refractivity contribution is 5.89. The molecule has 29 heavy (non-hydrogen) atoms. The molecule has 4 heterocycles. The first kappa shape index (κ1) is 17.7. The molecule has 2 aliphatic rings. The Morgan fingerprint density at radius 2 is 1.90 bits per heavy atom. The number of aryl methyl sites for hydroxylation is 1. The maximum absolute atomic E-state index is 12.7. The molecular weight excluding hydrogens is 370 g/mol. The van der Waals surface area contributed by atoms with Crippen molar-refractivity contribution in [2.75, 3.05) is 43.5 Å². The quantitative estimate of drug-likeness (QED) is 0.733. The predicted octanol–water partition coefficient (Wildman–Crippen LogP) is 2.04. The number of amides is 2. The summed E-state index contributed by atoms with van der Waals surface area (Å²) >= 11 is 0. The fraction of sp³-hybridized carbons (Fsp3) is 0.400. The van der Waals surface area contributed by atoms with Gasteiger partial charge in [-0.25, -0.2) is 4.79 Å². The van der Waals surface area contributed by atoms with Crippen molar-refractivity contribution in [1.29, 1.82) is 0 Å². The lowest BCUT2D eigenvalue weighted by Gasteiger charge is -2.22. The molecule has 5 rings (SSSR count). The van der Waals surface area contributed by atoms with Gasteiger partial charge in [0.2, 0.25) is 0 Å². The molecular formula is C20H23N7O2. The third kappa shape index (κ3) is 3.22. The molecule has 2 aliphatic heterocycles. The van der Waals surface area contributed by atoms with Crippen molar-refractivity contribution in [3.63, 3.8) is 0 Å². The Labute approximate surface area is 168 Å². The average molecular weight is 393 g/mol. The molecule has 150 valence electrons. The first-order valence-corrected chi connectivity index (χ1v) is 9.75. The Morgan fingerprint density at radius 3 is 2.66 bits per heavy atom. The summed E-state index contributed by atoms with van der Waals surface area (Å²) in [4.78, 5) is 16.9. The molecule has 0 saturated carbocycles. The van der Waals surface area contributed by atoms with E-state index in [2.05, 4.69) is 25.5 Å². The summed E-state index contributed by atoms with van der Waals surface area (Å²) in [5.41, 5.74) is 1.50. The highest BCUT2D eigenvalue weighted by Gasteiger charge is 2.42. The van der Waals surface area contributed by atoms with Crippen molar-refractivity contribution >= 4 is 23.2 Å². The highest BCUT2D eigenvalue weighted by atomic mass is 16.5. The van der Waals surface area contributed by atoms with Crippen LogP contribution < -0.4 is 15.0 Å². The summed E-state index contributed by atoms with van der Waals surface area (Å²) in [6, 6.07) is 11.3. The van der Waals surface area contributed by atoms with Crippen LogP contribution in [-0.4, -0.2) is 64.0 Å². The minimum Gasteiger partial charge on any atom is -0.497 e. The third-order valence-electron chi connectivity index (χ3n) is 5.82. The van der Waals surface area contributed by atoms with Crippen LogP contribution in [0.4, 0.5) is 16.3 Å². The van der Waals surface area contributed by atoms with E-state index in [0.29, 0.717) is 11.8 Å². The van der Waals surface area contributed by atoms with E-state index in [-0.39, 0.29) is 6.03 Å². The lowest BCUT2D eigenvalue weighted by Crippen LogP contribution is -2.36. The van der Waals surface area contributed by atoms with Gasteiger partial charge in [-0.1, -0.05) is 6.07 Å². The molecule has 2 unspecified atom stereocenters. The Bertz CT molecular complexity index is 1050. The average Bonchev–Trinajstić information content (AvgIpc) is 3.41. The van der Waals surface area contributed by atoms with E-state index < -0.39 is 0 Å². The number of hydrogen-bond acceptors (Lipinski definition) is 6. The van der Waals surface area contributed by atoms with Gasteiger partial charge in [-0.2, -0.15) is 4.52 Å². The molecule has 2 fully saturated rings. The molecule has 2 atom stereocenters. The van der Waals surface area contributed by atoms with Gasteiger partial charge < -0.3 is 19.9 Å². The van der Waals surface area contributed by atoms with E-state index in [9.17, 15) is 4.79 Å². The number of methoxy groups -OCH3 is 1. The van der Waals surface area contributed by atoms with Gasteiger partial charge in [-0.05, 0) is 31.2 Å². The predicted molar refractivity (Wildman–Crippen MR) is 108 cm³/mol. The molecule has 0 radical (unpaired) electrons. The van der Waals surface area contributed by atoms with Gasteiger partial charge in [0.05, 0.1) is 7.11 Å². The number of carbonyl (C=O) groups excluding carboxylic acids is 1. The van der Waals surface area contributed by atoms with Crippen LogP contribution >= 0.6 is 0 Å². The number of nitrogens with one attached hydrogen (secondary N) is 1. The van der Waals surface area contributed by atoms with Crippen molar-refractivity contribution in [3.05, 3.63) is 42.2 Å². The molecule has 1 aromatic carbocycles. The second kappa shape index (κ2) is 6.91. The van der Waals surface area contributed by atoms with Gasteiger partial charge >= 0.3 is 6.03 Å². The van der Waals surface area contributed by atoms with Gasteiger partial charge in [-0.3, -0.25) is 0 Å². The largest absolute Gasteiger partial charge is 0.497 e. The Morgan fingerprint density at radius 1 is 1.10 bits per heavy atom. The molecule has 1 N–H and O–H groups in total. The van der Waals surface area contributed by atoms with Crippen LogP contribution in [0.3, 0.4) is 0 Å². The van der Waals surface area contributed by atoms with E-state index in [1.165, 1.54) is 0 Å². The summed E-state index contributed by atoms with van der Waals surface area (Å²) in [7, 11) is 1.62. The third-order valence-corrected chi connectivity index (χ3v) is 5.82. The SMILES string of the molecule is COc1cccc(NC(=O)N2CC3CN(c4ccc5nnc(C)n5n4)CC3C2)c1. The number of fused-ring (bicyclic) bond motifs is 2. The molecule has 0 aliphatic carbocycles. The number of anilines is 2. The molecule has 9 heteroatoms. The second-order valence-electron chi connectivity index (χ2n) is 7.70. The maximum atomic E-state index is 12.7. The number of aromatic nitrogens is 4. The minimum atomic E-state index is -0.0566. The highest BCUT2D eigenvalue weighted by Crippen LogP contribution is 2.33. The van der Waals surface area contributed by atoms with Crippen LogP contribution in [0.15, 0.2) is 36.4 Å². The van der Waals surface area contributed by atoms with E-state index >= 15 is 0 Å². The number of urea groups is 1. The van der Waals surface area contributed by atoms with Crippen LogP contribution in [0.5, 0.6) is 5.75 Å². The smallest absolute Gasteiger partial charge is 0.321 e. The minimum absolute atomic E-state index is 0.0566. The normalized spacial score (nSPS) is 20.9. The first-order chi connectivity index (χ1) is 14.1. The topological polar surface area (TPSA) is 87.9 Å². The fourth-order valence-corrected chi connectivity index (χ4v) is 4.30. The molecule has 9 nitrogen and oxygen atoms in total. The number of rotatable bonds is 3. The van der Waals surface area contributed by atoms with Crippen LogP contribution in [0, 0.1) is 18.8 Å². The molecule has 0 spiro atoms. The van der Waals surface area contributed by atoms with E-state index in [1.807, 2.05) is 48.2 Å². The number of carbonyl (C=O) groups is 1. The molecule has 3 aromatic rings. The van der Waals surface area contributed by atoms with Gasteiger partial charge in [0, 0.05) is 49.8 Å². The number of nitrogens with zero attached hydrogens (tertiary/aromatic N) is 6. The number of ether oxygens (including phenoxy) is 1. The van der Waals surface area contributed by atoms with E-state index in [0.717, 1.165) is 54.9 Å². The van der Waals surface area contributed by atoms with Crippen LogP contribution in [0.1, 0.15) is 5.82 Å². The molecule has 2 aromatic heterocycles. The van der Waals surface area contributed by atoms with Crippen molar-refractivity contribution < 1.29 is 9.53 Å². The van der Waals surface area contributed by atoms with Crippen molar-refractivity contribution in [3.8, 4) is 5.75 Å². The van der Waals surface area contributed by atoms with Crippen molar-refractivity contribution in [1.82, 2.24) is 24.7 Å². The van der Waals surface area contributed by atoms with Crippen LogP contribution in [0.25, 0.3) is 5.65 Å². The Balaban J connectivity index is 1.23. The van der Waals surface area contributed by atoms with Gasteiger partial charge in [0.25, 0.3) is 0 Å². The zero-order chi connectivity index (χ0) is 20.0. The molecule has 0 bridgehead atoms. The van der Waals surface area contributed by atoms with E-state index in [1.54, 1.807) is 11.6 Å². The second-order valence-corrected chi connectivity index (χ2v) is 7.70. The summed E-state index contributed by atoms with van der Waals surface area (Å²) in [6.07, 6.45) is 0. The Kier molecular flexibility index (Phi) is 4.22. The monoisotopic (exact) mass is 393 g/mol. The zero-order valence-corrected chi connectivity index (χ0v) is 16.4. The number of benzene rings is 1. The van der Waals surface area contributed by atoms with Crippen LogP contribution in [-0.2, 0) is 0 Å². The van der Waals surface area contributed by atoms with Gasteiger partial charge in [0.1, 0.15) is 11.6 Å². The summed E-state index contributed by atoms with van der Waals surface area (Å²) in [5, 5.41) is 15.8. The lowest BCUT2D eigenvalue weighted by atomic mass is 10.0. The van der Waals surface area contributed by atoms with Crippen molar-refractivity contribution in [2.45, 2.75) is 6.92 Å². The fourth-order valence-electron chi connectivity index (χ4n) is 4.30. The lowest BCUT2D eigenvalue weighted by molar-refractivity contribution is 0.219. The van der Waals surface area contributed by atoms with Crippen molar-refractivity contribution in [2.24, 2.45) is 11.8 Å². The Hall–Kier alpha value is -3.36. The van der Waals surface area contributed by atoms with Gasteiger partial charge in [-0.15, -0.1) is 15.3 Å². The number of hydrogen-bond donors (Lipinski definition) is 1. The zero-order valence-electron chi connectivity index (χ0n) is 16.4. The number of likely N-dealkylation sites (tertiary alicyclic amines) is 1. The summed E-state index contributed by atoms with van der Waals surface area (Å²) < 4.78 is 6.99. The van der Waals surface area contributed by atoms with E-state index in [4.69, 9.17) is 4.74 Å². The van der Waals surface area contributed by atoms with Crippen LogP contribution in [0.2, 0.25) is 0 Å². The maximum Gasteiger partial charge on any atom is 0.321 e. The summed E-state index contributed by atoms with van der Waals surface area (Å²) in [5.74, 6) is 3.34. The van der Waals surface area contributed by atoms with Gasteiger partial charge in [0.15, 0.2) is 11.5 Å². The molecule has 2 amide bonds. The molecule has 2 saturated heterocycles. The summed E-state index contributed by atoms with van der Waals surface area (Å²) in [6.45, 7) is 5.20. The standard InChI is InChI=1S/C20H23N7O2/c1-13-22-23-18-6-7-19(24-27(13)18)25-9-14-11-26(12-15(14)10-25)20(28)21-16-4-3-5-17(8-16)29-2/h3-8,14-15H,9-12H2,1-2H3,(H,21,28). The first-order valence-electron chi connectivity index (χ1n) is 9.75.